The van der Waals surface area contributed by atoms with Crippen LogP contribution in [0.1, 0.15) is 60.3 Å². The quantitative estimate of drug-likeness (QED) is 0.660. The number of carboxylic acids is 1. The topological polar surface area (TPSA) is 92.4 Å². The molecule has 0 aromatic heterocycles. The lowest BCUT2D eigenvalue weighted by molar-refractivity contribution is -0.148. The predicted octanol–water partition coefficient (Wildman–Crippen LogP) is 1.90. The first-order valence-electron chi connectivity index (χ1n) is 6.86. The summed E-state index contributed by atoms with van der Waals surface area (Å²) in [5, 5.41) is 11.9. The fourth-order valence-electron chi connectivity index (χ4n) is 2.20. The van der Waals surface area contributed by atoms with E-state index in [1.165, 1.54) is 0 Å². The molecule has 0 heterocycles. The SMILES string of the molecule is CCC(CC)(NC(=O)CC(N)CC(C)(C)C)C(=O)O. The van der Waals surface area contributed by atoms with Crippen LogP contribution in [0.2, 0.25) is 0 Å². The van der Waals surface area contributed by atoms with Crippen molar-refractivity contribution >= 4 is 11.9 Å². The first kappa shape index (κ1) is 17.9. The summed E-state index contributed by atoms with van der Waals surface area (Å²) < 4.78 is 0. The molecule has 0 fully saturated rings. The molecule has 0 spiro atoms. The Balaban J connectivity index is 4.56. The lowest BCUT2D eigenvalue weighted by atomic mass is 9.87. The van der Waals surface area contributed by atoms with E-state index in [1.54, 1.807) is 13.8 Å². The van der Waals surface area contributed by atoms with Crippen LogP contribution in [0.4, 0.5) is 0 Å². The zero-order valence-corrected chi connectivity index (χ0v) is 12.7. The molecule has 0 saturated carbocycles. The van der Waals surface area contributed by atoms with E-state index in [2.05, 4.69) is 26.1 Å². The molecule has 0 aliphatic carbocycles. The number of rotatable bonds is 7. The molecule has 0 aliphatic heterocycles. The Morgan fingerprint density at radius 1 is 1.21 bits per heavy atom. The average molecular weight is 272 g/mol. The lowest BCUT2D eigenvalue weighted by Crippen LogP contribution is -2.54. The van der Waals surface area contributed by atoms with Crippen LogP contribution in [0.3, 0.4) is 0 Å². The van der Waals surface area contributed by atoms with E-state index in [0.717, 1.165) is 6.42 Å². The van der Waals surface area contributed by atoms with Crippen LogP contribution in [0.25, 0.3) is 0 Å². The Labute approximate surface area is 115 Å². The highest BCUT2D eigenvalue weighted by Gasteiger charge is 2.36. The van der Waals surface area contributed by atoms with Crippen molar-refractivity contribution in [2.75, 3.05) is 0 Å². The molecule has 0 rings (SSSR count). The van der Waals surface area contributed by atoms with E-state index < -0.39 is 11.5 Å². The van der Waals surface area contributed by atoms with Gasteiger partial charge in [-0.1, -0.05) is 34.6 Å². The number of aliphatic carboxylic acids is 1. The Hall–Kier alpha value is -1.10. The van der Waals surface area contributed by atoms with Crippen LogP contribution in [0.15, 0.2) is 0 Å². The van der Waals surface area contributed by atoms with Gasteiger partial charge in [-0.25, -0.2) is 4.79 Å². The van der Waals surface area contributed by atoms with Gasteiger partial charge in [0.25, 0.3) is 0 Å². The van der Waals surface area contributed by atoms with Crippen molar-refractivity contribution < 1.29 is 14.7 Å². The Morgan fingerprint density at radius 2 is 1.68 bits per heavy atom. The van der Waals surface area contributed by atoms with Crippen LogP contribution >= 0.6 is 0 Å². The van der Waals surface area contributed by atoms with Crippen LogP contribution in [-0.2, 0) is 9.59 Å². The van der Waals surface area contributed by atoms with Gasteiger partial charge in [-0.3, -0.25) is 4.79 Å². The minimum atomic E-state index is -1.17. The standard InChI is InChI=1S/C14H28N2O3/c1-6-14(7-2,12(18)19)16-11(17)8-10(15)9-13(3,4)5/h10H,6-9,15H2,1-5H3,(H,16,17)(H,18,19). The van der Waals surface area contributed by atoms with Gasteiger partial charge in [0.1, 0.15) is 5.54 Å². The summed E-state index contributed by atoms with van der Waals surface area (Å²) in [5.74, 6) is -1.28. The fraction of sp³-hybridized carbons (Fsp3) is 0.857. The van der Waals surface area contributed by atoms with E-state index in [0.29, 0.717) is 12.8 Å². The number of amides is 1. The zero-order valence-electron chi connectivity index (χ0n) is 12.7. The number of hydrogen-bond acceptors (Lipinski definition) is 3. The third kappa shape index (κ3) is 6.05. The van der Waals surface area contributed by atoms with Gasteiger partial charge >= 0.3 is 5.97 Å². The van der Waals surface area contributed by atoms with Crippen molar-refractivity contribution in [3.63, 3.8) is 0 Å². The Morgan fingerprint density at radius 3 is 2.00 bits per heavy atom. The summed E-state index contributed by atoms with van der Waals surface area (Å²) in [7, 11) is 0. The molecular formula is C14H28N2O3. The fourth-order valence-corrected chi connectivity index (χ4v) is 2.20. The summed E-state index contributed by atoms with van der Waals surface area (Å²) in [6, 6.07) is -0.250. The first-order valence-corrected chi connectivity index (χ1v) is 6.86. The molecule has 0 saturated heterocycles. The summed E-state index contributed by atoms with van der Waals surface area (Å²) in [5.41, 5.74) is 4.82. The van der Waals surface area contributed by atoms with Gasteiger partial charge in [-0.2, -0.15) is 0 Å². The van der Waals surface area contributed by atoms with Crippen LogP contribution in [0, 0.1) is 5.41 Å². The normalized spacial score (nSPS) is 14.0. The van der Waals surface area contributed by atoms with E-state index in [1.807, 2.05) is 0 Å². The third-order valence-corrected chi connectivity index (χ3v) is 3.32. The zero-order chi connectivity index (χ0) is 15.3. The molecule has 4 N–H and O–H groups in total. The molecule has 112 valence electrons. The molecule has 0 aromatic carbocycles. The molecule has 1 amide bonds. The maximum Gasteiger partial charge on any atom is 0.329 e. The van der Waals surface area contributed by atoms with Crippen molar-refractivity contribution in [3.05, 3.63) is 0 Å². The molecule has 1 atom stereocenters. The maximum atomic E-state index is 11.9. The lowest BCUT2D eigenvalue weighted by Gasteiger charge is -2.29. The molecule has 0 aliphatic rings. The number of carbonyl (C=O) groups is 2. The third-order valence-electron chi connectivity index (χ3n) is 3.32. The van der Waals surface area contributed by atoms with Crippen LogP contribution < -0.4 is 11.1 Å². The van der Waals surface area contributed by atoms with Gasteiger partial charge in [-0.15, -0.1) is 0 Å². The van der Waals surface area contributed by atoms with Gasteiger partial charge in [0, 0.05) is 12.5 Å². The molecule has 19 heavy (non-hydrogen) atoms. The van der Waals surface area contributed by atoms with Crippen molar-refractivity contribution in [1.82, 2.24) is 5.32 Å². The Kier molecular flexibility index (Phi) is 6.49. The largest absolute Gasteiger partial charge is 0.480 e. The number of nitrogens with two attached hydrogens (primary N) is 1. The minimum Gasteiger partial charge on any atom is -0.480 e. The summed E-state index contributed by atoms with van der Waals surface area (Å²) in [6.07, 6.45) is 1.60. The number of carboxylic acid groups (broad SMARTS) is 1. The minimum absolute atomic E-state index is 0.0547. The van der Waals surface area contributed by atoms with E-state index in [4.69, 9.17) is 5.73 Å². The summed E-state index contributed by atoms with van der Waals surface area (Å²) in [6.45, 7) is 9.69. The molecule has 5 nitrogen and oxygen atoms in total. The Bertz CT molecular complexity index is 317. The second-order valence-electron chi connectivity index (χ2n) is 6.37. The molecule has 0 bridgehead atoms. The monoisotopic (exact) mass is 272 g/mol. The van der Waals surface area contributed by atoms with Gasteiger partial charge in [0.05, 0.1) is 0 Å². The van der Waals surface area contributed by atoms with Gasteiger partial charge in [0.15, 0.2) is 0 Å². The molecular weight excluding hydrogens is 244 g/mol. The van der Waals surface area contributed by atoms with Crippen LogP contribution in [0.5, 0.6) is 0 Å². The van der Waals surface area contributed by atoms with E-state index >= 15 is 0 Å². The predicted molar refractivity (Wildman–Crippen MR) is 75.8 cm³/mol. The first-order chi connectivity index (χ1) is 8.56. The molecule has 1 unspecified atom stereocenters. The van der Waals surface area contributed by atoms with E-state index in [9.17, 15) is 14.7 Å². The number of carbonyl (C=O) groups excluding carboxylic acids is 1. The number of hydrogen-bond donors (Lipinski definition) is 3. The van der Waals surface area contributed by atoms with Gasteiger partial charge in [-0.05, 0) is 24.7 Å². The molecule has 0 aromatic rings. The second-order valence-corrected chi connectivity index (χ2v) is 6.37. The summed E-state index contributed by atoms with van der Waals surface area (Å²) in [4.78, 5) is 23.2. The van der Waals surface area contributed by atoms with Crippen LogP contribution in [-0.4, -0.2) is 28.6 Å². The van der Waals surface area contributed by atoms with Gasteiger partial charge in [0.2, 0.25) is 5.91 Å². The highest BCUT2D eigenvalue weighted by atomic mass is 16.4. The van der Waals surface area contributed by atoms with Crippen molar-refractivity contribution in [2.45, 2.75) is 71.9 Å². The maximum absolute atomic E-state index is 11.9. The highest BCUT2D eigenvalue weighted by Crippen LogP contribution is 2.21. The summed E-state index contributed by atoms with van der Waals surface area (Å²) >= 11 is 0. The molecule has 0 radical (unpaired) electrons. The number of nitrogens with one attached hydrogen (secondary N) is 1. The van der Waals surface area contributed by atoms with Crippen molar-refractivity contribution in [1.29, 1.82) is 0 Å². The van der Waals surface area contributed by atoms with E-state index in [-0.39, 0.29) is 23.8 Å². The molecule has 5 heteroatoms. The van der Waals surface area contributed by atoms with Gasteiger partial charge < -0.3 is 16.2 Å². The second kappa shape index (κ2) is 6.89. The highest BCUT2D eigenvalue weighted by molar-refractivity contribution is 5.87. The average Bonchev–Trinajstić information content (AvgIpc) is 2.22. The van der Waals surface area contributed by atoms with Crippen molar-refractivity contribution in [2.24, 2.45) is 11.1 Å². The smallest absolute Gasteiger partial charge is 0.329 e. The van der Waals surface area contributed by atoms with Crippen molar-refractivity contribution in [3.8, 4) is 0 Å².